The van der Waals surface area contributed by atoms with E-state index in [0.29, 0.717) is 6.61 Å². The number of hydrogen-bond donors (Lipinski definition) is 1. The predicted molar refractivity (Wildman–Crippen MR) is 84.5 cm³/mol. The van der Waals surface area contributed by atoms with Gasteiger partial charge in [-0.15, -0.1) is 0 Å². The average molecular weight is 275 g/mol. The molecule has 0 spiro atoms. The van der Waals surface area contributed by atoms with E-state index in [4.69, 9.17) is 0 Å². The maximum absolute atomic E-state index is 9.94. The molecule has 0 amide bonds. The largest absolute Gasteiger partial charge is 0.396 e. The molecule has 112 valence electrons. The summed E-state index contributed by atoms with van der Waals surface area (Å²) in [5.41, 5.74) is 1.49. The second-order valence-electron chi connectivity index (χ2n) is 6.65. The van der Waals surface area contributed by atoms with Gasteiger partial charge in [0.05, 0.1) is 0 Å². The van der Waals surface area contributed by atoms with E-state index in [0.717, 1.165) is 25.6 Å². The highest BCUT2D eigenvalue weighted by molar-refractivity contribution is 5.14. The van der Waals surface area contributed by atoms with E-state index in [2.05, 4.69) is 49.1 Å². The van der Waals surface area contributed by atoms with Crippen LogP contribution in [0.15, 0.2) is 30.3 Å². The van der Waals surface area contributed by atoms with Gasteiger partial charge < -0.3 is 5.11 Å². The molecule has 0 heterocycles. The number of benzene rings is 1. The van der Waals surface area contributed by atoms with Gasteiger partial charge in [0, 0.05) is 25.1 Å². The van der Waals surface area contributed by atoms with Crippen molar-refractivity contribution < 1.29 is 5.11 Å². The molecule has 0 aromatic heterocycles. The number of aliphatic hydroxyl groups excluding tert-OH is 1. The third-order valence-electron chi connectivity index (χ3n) is 4.78. The number of rotatable bonds is 6. The minimum atomic E-state index is 0.127. The Labute approximate surface area is 123 Å². The van der Waals surface area contributed by atoms with Crippen molar-refractivity contribution in [2.45, 2.75) is 46.1 Å². The molecule has 0 saturated heterocycles. The summed E-state index contributed by atoms with van der Waals surface area (Å²) in [5, 5.41) is 9.94. The zero-order valence-corrected chi connectivity index (χ0v) is 13.0. The molecular formula is C18H29NO. The summed E-state index contributed by atoms with van der Waals surface area (Å²) < 4.78 is 0. The van der Waals surface area contributed by atoms with E-state index >= 15 is 0 Å². The van der Waals surface area contributed by atoms with Crippen LogP contribution in [0.3, 0.4) is 0 Å². The van der Waals surface area contributed by atoms with Crippen molar-refractivity contribution in [1.29, 1.82) is 0 Å². The number of hydrogen-bond acceptors (Lipinski definition) is 2. The first-order valence-electron chi connectivity index (χ1n) is 8.04. The van der Waals surface area contributed by atoms with Crippen LogP contribution < -0.4 is 0 Å². The Bertz CT molecular complexity index is 392. The molecule has 1 aliphatic carbocycles. The van der Waals surface area contributed by atoms with Crippen molar-refractivity contribution in [1.82, 2.24) is 4.90 Å². The molecule has 2 unspecified atom stereocenters. The Kier molecular flexibility index (Phi) is 5.62. The molecular weight excluding hydrogens is 246 g/mol. The topological polar surface area (TPSA) is 23.5 Å². The van der Waals surface area contributed by atoms with Crippen LogP contribution in [0.1, 0.15) is 45.1 Å². The highest BCUT2D eigenvalue weighted by Gasteiger charge is 2.35. The van der Waals surface area contributed by atoms with Gasteiger partial charge in [0.2, 0.25) is 0 Å². The molecule has 2 atom stereocenters. The Morgan fingerprint density at radius 2 is 2.05 bits per heavy atom. The minimum absolute atomic E-state index is 0.127. The van der Waals surface area contributed by atoms with Gasteiger partial charge in [0.1, 0.15) is 0 Å². The van der Waals surface area contributed by atoms with E-state index in [1.807, 2.05) is 0 Å². The van der Waals surface area contributed by atoms with Crippen LogP contribution >= 0.6 is 0 Å². The molecule has 1 aliphatic rings. The lowest BCUT2D eigenvalue weighted by atomic mass is 9.70. The molecule has 0 bridgehead atoms. The molecule has 2 rings (SSSR count). The molecule has 0 radical (unpaired) electrons. The lowest BCUT2D eigenvalue weighted by molar-refractivity contribution is 0.0230. The van der Waals surface area contributed by atoms with Gasteiger partial charge >= 0.3 is 0 Å². The van der Waals surface area contributed by atoms with Crippen LogP contribution in [-0.4, -0.2) is 29.7 Å². The van der Waals surface area contributed by atoms with Gasteiger partial charge in [-0.25, -0.2) is 0 Å². The lowest BCUT2D eigenvalue weighted by Gasteiger charge is -2.42. The highest BCUT2D eigenvalue weighted by Crippen LogP contribution is 2.39. The highest BCUT2D eigenvalue weighted by atomic mass is 16.3. The minimum Gasteiger partial charge on any atom is -0.396 e. The maximum atomic E-state index is 9.94. The van der Waals surface area contributed by atoms with Crippen molar-refractivity contribution in [3.63, 3.8) is 0 Å². The first kappa shape index (κ1) is 15.5. The summed E-state index contributed by atoms with van der Waals surface area (Å²) in [5.74, 6) is 0.756. The normalized spacial score (nSPS) is 26.9. The number of nitrogens with zero attached hydrogens (tertiary/aromatic N) is 1. The quantitative estimate of drug-likeness (QED) is 0.855. The monoisotopic (exact) mass is 275 g/mol. The summed E-state index contributed by atoms with van der Waals surface area (Å²) in [6.45, 7) is 7.96. The van der Waals surface area contributed by atoms with Gasteiger partial charge in [-0.1, -0.05) is 57.0 Å². The van der Waals surface area contributed by atoms with Gasteiger partial charge in [-0.05, 0) is 30.9 Å². The molecule has 1 fully saturated rings. The molecule has 2 nitrogen and oxygen atoms in total. The van der Waals surface area contributed by atoms with Crippen LogP contribution in [0.25, 0.3) is 0 Å². The number of aliphatic hydroxyl groups is 1. The van der Waals surface area contributed by atoms with E-state index < -0.39 is 0 Å². The molecule has 1 N–H and O–H groups in total. The second-order valence-corrected chi connectivity index (χ2v) is 6.65. The van der Waals surface area contributed by atoms with Gasteiger partial charge in [-0.2, -0.15) is 0 Å². The Morgan fingerprint density at radius 3 is 2.65 bits per heavy atom. The van der Waals surface area contributed by atoms with E-state index in [1.165, 1.54) is 31.2 Å². The predicted octanol–water partition coefficient (Wildman–Crippen LogP) is 3.70. The van der Waals surface area contributed by atoms with Crippen molar-refractivity contribution in [2.24, 2.45) is 11.3 Å². The zero-order valence-electron chi connectivity index (χ0n) is 13.0. The smallest absolute Gasteiger partial charge is 0.0499 e. The fraction of sp³-hybridized carbons (Fsp3) is 0.667. The lowest BCUT2D eigenvalue weighted by Crippen LogP contribution is -2.42. The van der Waals surface area contributed by atoms with Crippen LogP contribution in [0.2, 0.25) is 0 Å². The van der Waals surface area contributed by atoms with Gasteiger partial charge in [0.25, 0.3) is 0 Å². The summed E-state index contributed by atoms with van der Waals surface area (Å²) in [6, 6.07) is 10.7. The van der Waals surface area contributed by atoms with Crippen molar-refractivity contribution in [3.8, 4) is 0 Å². The molecule has 1 aromatic carbocycles. The molecule has 20 heavy (non-hydrogen) atoms. The standard InChI is InChI=1S/C18H29NO/c1-3-19(13-17-9-5-4-6-10-17)14-18(15-20)11-7-8-16(2)12-18/h4-6,9-10,16,20H,3,7-8,11-15H2,1-2H3. The summed E-state index contributed by atoms with van der Waals surface area (Å²) >= 11 is 0. The van der Waals surface area contributed by atoms with Crippen LogP contribution in [0.5, 0.6) is 0 Å². The fourth-order valence-electron chi connectivity index (χ4n) is 3.70. The third kappa shape index (κ3) is 4.07. The van der Waals surface area contributed by atoms with Crippen LogP contribution in [-0.2, 0) is 6.54 Å². The SMILES string of the molecule is CCN(Cc1ccccc1)CC1(CO)CCCC(C)C1. The van der Waals surface area contributed by atoms with Crippen LogP contribution in [0.4, 0.5) is 0 Å². The summed E-state index contributed by atoms with van der Waals surface area (Å²) in [7, 11) is 0. The Morgan fingerprint density at radius 1 is 1.30 bits per heavy atom. The molecule has 2 heteroatoms. The Hall–Kier alpha value is -0.860. The maximum Gasteiger partial charge on any atom is 0.0499 e. The fourth-order valence-corrected chi connectivity index (χ4v) is 3.70. The second kappa shape index (κ2) is 7.24. The van der Waals surface area contributed by atoms with E-state index in [1.54, 1.807) is 0 Å². The first-order valence-corrected chi connectivity index (χ1v) is 8.04. The average Bonchev–Trinajstić information content (AvgIpc) is 2.47. The zero-order chi connectivity index (χ0) is 14.4. The first-order chi connectivity index (χ1) is 9.67. The van der Waals surface area contributed by atoms with Crippen molar-refractivity contribution in [3.05, 3.63) is 35.9 Å². The summed E-state index contributed by atoms with van der Waals surface area (Å²) in [4.78, 5) is 2.49. The Balaban J connectivity index is 2.00. The van der Waals surface area contributed by atoms with Crippen molar-refractivity contribution >= 4 is 0 Å². The van der Waals surface area contributed by atoms with E-state index in [9.17, 15) is 5.11 Å². The van der Waals surface area contributed by atoms with Crippen LogP contribution in [0, 0.1) is 11.3 Å². The van der Waals surface area contributed by atoms with E-state index in [-0.39, 0.29) is 5.41 Å². The molecule has 1 saturated carbocycles. The van der Waals surface area contributed by atoms with Gasteiger partial charge in [-0.3, -0.25) is 4.90 Å². The van der Waals surface area contributed by atoms with Gasteiger partial charge in [0.15, 0.2) is 0 Å². The third-order valence-corrected chi connectivity index (χ3v) is 4.78. The summed E-state index contributed by atoms with van der Waals surface area (Å²) in [6.07, 6.45) is 4.95. The molecule has 1 aromatic rings. The van der Waals surface area contributed by atoms with Crippen molar-refractivity contribution in [2.75, 3.05) is 19.7 Å². The molecule has 0 aliphatic heterocycles.